The maximum Gasteiger partial charge on any atom is 0.261 e. The Bertz CT molecular complexity index is 1200. The number of aliphatic hydroxyl groups excluding tert-OH is 1. The van der Waals surface area contributed by atoms with Crippen LogP contribution >= 0.6 is 11.3 Å². The lowest BCUT2D eigenvalue weighted by Crippen LogP contribution is -2.40. The van der Waals surface area contributed by atoms with Crippen molar-refractivity contribution in [2.24, 2.45) is 11.3 Å². The summed E-state index contributed by atoms with van der Waals surface area (Å²) in [5, 5.41) is 14.4. The number of pyridine rings is 1. The van der Waals surface area contributed by atoms with Crippen molar-refractivity contribution in [3.8, 4) is 0 Å². The number of rotatable bonds is 6. The van der Waals surface area contributed by atoms with E-state index in [9.17, 15) is 9.90 Å². The molecular formula is C30H39N3O2S. The van der Waals surface area contributed by atoms with Crippen LogP contribution < -0.4 is 5.32 Å². The minimum absolute atomic E-state index is 0.0314. The van der Waals surface area contributed by atoms with E-state index in [0.29, 0.717) is 11.3 Å². The minimum atomic E-state index is -0.237. The van der Waals surface area contributed by atoms with E-state index in [-0.39, 0.29) is 18.1 Å². The summed E-state index contributed by atoms with van der Waals surface area (Å²) < 4.78 is 0. The van der Waals surface area contributed by atoms with Crippen LogP contribution in [0.15, 0.2) is 42.5 Å². The summed E-state index contributed by atoms with van der Waals surface area (Å²) in [7, 11) is 0. The standard InChI is InChI=1S/C30H39N3O2S/c1-30(2,3)23-11-12-25-21(17-23)16-22-18-27(36-29(22)32-25)28(35)31-26(20-8-5-4-6-9-20)13-15-33-14-7-10-24(34)19-33/h4-6,8-9,16,18,23-24,26,34H,7,10-15,17,19H2,1-3H3,(H,31,35)/t23-,24?,26?/m0/s1. The molecule has 2 aliphatic rings. The third-order valence-electron chi connectivity index (χ3n) is 8.04. The van der Waals surface area contributed by atoms with Crippen LogP contribution in [0.2, 0.25) is 0 Å². The number of aromatic nitrogens is 1. The zero-order chi connectivity index (χ0) is 25.3. The van der Waals surface area contributed by atoms with Crippen LogP contribution in [0.3, 0.4) is 0 Å². The highest BCUT2D eigenvalue weighted by molar-refractivity contribution is 7.20. The number of nitrogens with one attached hydrogen (secondary N) is 1. The van der Waals surface area contributed by atoms with Crippen LogP contribution in [0, 0.1) is 11.3 Å². The van der Waals surface area contributed by atoms with E-state index in [1.807, 2.05) is 24.3 Å². The second-order valence-corrected chi connectivity index (χ2v) is 12.8. The van der Waals surface area contributed by atoms with E-state index >= 15 is 0 Å². The zero-order valence-corrected chi connectivity index (χ0v) is 22.6. The van der Waals surface area contributed by atoms with Crippen LogP contribution in [-0.2, 0) is 12.8 Å². The second-order valence-electron chi connectivity index (χ2n) is 11.7. The van der Waals surface area contributed by atoms with Gasteiger partial charge in [0.25, 0.3) is 5.91 Å². The first-order valence-corrected chi connectivity index (χ1v) is 14.3. The molecule has 5 nitrogen and oxygen atoms in total. The summed E-state index contributed by atoms with van der Waals surface area (Å²) in [6, 6.07) is 14.5. The summed E-state index contributed by atoms with van der Waals surface area (Å²) in [6.07, 6.45) is 5.76. The third kappa shape index (κ3) is 5.82. The Labute approximate surface area is 218 Å². The summed E-state index contributed by atoms with van der Waals surface area (Å²) >= 11 is 1.50. The van der Waals surface area contributed by atoms with E-state index in [1.165, 1.54) is 29.0 Å². The quantitative estimate of drug-likeness (QED) is 0.447. The molecule has 1 aliphatic carbocycles. The molecule has 1 amide bonds. The molecule has 192 valence electrons. The largest absolute Gasteiger partial charge is 0.392 e. The Morgan fingerprint density at radius 3 is 2.78 bits per heavy atom. The number of benzene rings is 1. The van der Waals surface area contributed by atoms with Gasteiger partial charge in [0, 0.05) is 24.2 Å². The van der Waals surface area contributed by atoms with Gasteiger partial charge in [0.15, 0.2) is 0 Å². The van der Waals surface area contributed by atoms with E-state index < -0.39 is 0 Å². The van der Waals surface area contributed by atoms with Crippen LogP contribution in [0.25, 0.3) is 10.2 Å². The molecule has 3 heterocycles. The summed E-state index contributed by atoms with van der Waals surface area (Å²) in [6.45, 7) is 9.58. The highest BCUT2D eigenvalue weighted by atomic mass is 32.1. The van der Waals surface area contributed by atoms with Crippen molar-refractivity contribution in [3.63, 3.8) is 0 Å². The van der Waals surface area contributed by atoms with E-state index in [1.54, 1.807) is 0 Å². The molecule has 0 bridgehead atoms. The molecule has 1 fully saturated rings. The van der Waals surface area contributed by atoms with Gasteiger partial charge in [-0.1, -0.05) is 51.1 Å². The van der Waals surface area contributed by atoms with Gasteiger partial charge < -0.3 is 15.3 Å². The Balaban J connectivity index is 1.32. The van der Waals surface area contributed by atoms with Gasteiger partial charge in [-0.2, -0.15) is 0 Å². The number of thiophene rings is 1. The number of nitrogens with zero attached hydrogens (tertiary/aromatic N) is 2. The van der Waals surface area contributed by atoms with E-state index in [4.69, 9.17) is 4.98 Å². The lowest BCUT2D eigenvalue weighted by atomic mass is 9.71. The Morgan fingerprint density at radius 1 is 1.22 bits per heavy atom. The molecule has 1 saturated heterocycles. The number of carbonyl (C=O) groups excluding carboxylic acids is 1. The highest BCUT2D eigenvalue weighted by Crippen LogP contribution is 2.38. The molecule has 0 radical (unpaired) electrons. The number of piperidine rings is 1. The number of hydrogen-bond donors (Lipinski definition) is 2. The van der Waals surface area contributed by atoms with Crippen molar-refractivity contribution < 1.29 is 9.90 Å². The van der Waals surface area contributed by atoms with Crippen molar-refractivity contribution in [3.05, 3.63) is 64.2 Å². The average Bonchev–Trinajstić information content (AvgIpc) is 3.27. The topological polar surface area (TPSA) is 65.5 Å². The third-order valence-corrected chi connectivity index (χ3v) is 9.09. The molecule has 2 N–H and O–H groups in total. The summed E-state index contributed by atoms with van der Waals surface area (Å²) in [4.78, 5) is 22.4. The number of amides is 1. The normalized spacial score (nSPS) is 21.8. The van der Waals surface area contributed by atoms with Gasteiger partial charge in [0.1, 0.15) is 4.83 Å². The highest BCUT2D eigenvalue weighted by Gasteiger charge is 2.30. The first kappa shape index (κ1) is 25.4. The maximum atomic E-state index is 13.4. The van der Waals surface area contributed by atoms with Gasteiger partial charge >= 0.3 is 0 Å². The van der Waals surface area contributed by atoms with Gasteiger partial charge in [-0.3, -0.25) is 4.79 Å². The average molecular weight is 506 g/mol. The molecule has 0 spiro atoms. The molecule has 6 heteroatoms. The lowest BCUT2D eigenvalue weighted by Gasteiger charge is -2.34. The second kappa shape index (κ2) is 10.6. The minimum Gasteiger partial charge on any atom is -0.392 e. The Morgan fingerprint density at radius 2 is 2.03 bits per heavy atom. The van der Waals surface area contributed by atoms with Crippen LogP contribution in [0.5, 0.6) is 0 Å². The van der Waals surface area contributed by atoms with Gasteiger partial charge in [-0.05, 0) is 79.7 Å². The molecule has 1 aliphatic heterocycles. The molecule has 3 aromatic rings. The van der Waals surface area contributed by atoms with Gasteiger partial charge in [0.05, 0.1) is 17.0 Å². The monoisotopic (exact) mass is 505 g/mol. The summed E-state index contributed by atoms with van der Waals surface area (Å²) in [5.74, 6) is 0.634. The number of carbonyl (C=O) groups is 1. The number of likely N-dealkylation sites (tertiary alicyclic amines) is 1. The van der Waals surface area contributed by atoms with Gasteiger partial charge in [-0.25, -0.2) is 4.98 Å². The molecule has 5 rings (SSSR count). The fraction of sp³-hybridized carbons (Fsp3) is 0.533. The number of β-amino-alcohol motifs (C(OH)–C–C–N with tert-alkyl or cyclic N) is 1. The molecule has 0 saturated carbocycles. The predicted molar refractivity (Wildman–Crippen MR) is 148 cm³/mol. The first-order chi connectivity index (χ1) is 17.3. The number of hydrogen-bond acceptors (Lipinski definition) is 5. The first-order valence-electron chi connectivity index (χ1n) is 13.4. The van der Waals surface area contributed by atoms with Crippen LogP contribution in [-0.4, -0.2) is 46.6 Å². The summed E-state index contributed by atoms with van der Waals surface area (Å²) in [5.41, 5.74) is 3.98. The smallest absolute Gasteiger partial charge is 0.261 e. The zero-order valence-electron chi connectivity index (χ0n) is 21.8. The van der Waals surface area contributed by atoms with Crippen molar-refractivity contribution in [1.82, 2.24) is 15.2 Å². The SMILES string of the molecule is CC(C)(C)[C@H]1CCc2nc3sc(C(=O)NC(CCN4CCCC(O)C4)c4ccccc4)cc3cc2C1. The van der Waals surface area contributed by atoms with Gasteiger partial charge in [-0.15, -0.1) is 11.3 Å². The molecule has 1 aromatic carbocycles. The Hall–Kier alpha value is -2.28. The molecule has 3 atom stereocenters. The lowest BCUT2D eigenvalue weighted by molar-refractivity contribution is 0.0677. The van der Waals surface area contributed by atoms with Crippen molar-refractivity contribution >= 4 is 27.5 Å². The van der Waals surface area contributed by atoms with Crippen LogP contribution in [0.1, 0.15) is 79.0 Å². The Kier molecular flexibility index (Phi) is 7.47. The van der Waals surface area contributed by atoms with Crippen molar-refractivity contribution in [2.75, 3.05) is 19.6 Å². The number of aliphatic hydroxyl groups is 1. The van der Waals surface area contributed by atoms with Crippen molar-refractivity contribution in [2.45, 2.75) is 71.4 Å². The van der Waals surface area contributed by atoms with E-state index in [2.05, 4.69) is 49.2 Å². The molecule has 2 unspecified atom stereocenters. The van der Waals surface area contributed by atoms with Crippen LogP contribution in [0.4, 0.5) is 0 Å². The molecular weight excluding hydrogens is 466 g/mol. The predicted octanol–water partition coefficient (Wildman–Crippen LogP) is 5.77. The number of aryl methyl sites for hydroxylation is 1. The fourth-order valence-electron chi connectivity index (χ4n) is 5.76. The maximum absolute atomic E-state index is 13.4. The van der Waals surface area contributed by atoms with Gasteiger partial charge in [0.2, 0.25) is 0 Å². The van der Waals surface area contributed by atoms with Crippen molar-refractivity contribution in [1.29, 1.82) is 0 Å². The number of fused-ring (bicyclic) bond motifs is 2. The van der Waals surface area contributed by atoms with E-state index in [0.717, 1.165) is 72.4 Å². The molecule has 36 heavy (non-hydrogen) atoms. The fourth-order valence-corrected chi connectivity index (χ4v) is 6.69. The molecule has 2 aromatic heterocycles.